The lowest BCUT2D eigenvalue weighted by Gasteiger charge is -2.24. The Hall–Kier alpha value is -0.830. The van der Waals surface area contributed by atoms with Gasteiger partial charge in [-0.25, -0.2) is 0 Å². The monoisotopic (exact) mass is 323 g/mol. The number of fused-ring (bicyclic) bond motifs is 1. The topological polar surface area (TPSA) is 29.1 Å². The van der Waals surface area contributed by atoms with Crippen LogP contribution < -0.4 is 5.32 Å². The van der Waals surface area contributed by atoms with E-state index in [2.05, 4.69) is 52.4 Å². The van der Waals surface area contributed by atoms with Crippen molar-refractivity contribution in [1.29, 1.82) is 0 Å². The molecule has 1 aromatic carbocycles. The van der Waals surface area contributed by atoms with Crippen LogP contribution in [0.15, 0.2) is 24.3 Å². The second-order valence-electron chi connectivity index (χ2n) is 5.54. The van der Waals surface area contributed by atoms with Crippen LogP contribution in [-0.2, 0) is 17.6 Å². The molecule has 0 spiro atoms. The van der Waals surface area contributed by atoms with Crippen LogP contribution in [0.2, 0.25) is 0 Å². The van der Waals surface area contributed by atoms with Crippen LogP contribution in [0, 0.1) is 11.8 Å². The Morgan fingerprint density at radius 2 is 2.16 bits per heavy atom. The molecule has 3 heteroatoms. The van der Waals surface area contributed by atoms with Crippen molar-refractivity contribution >= 4 is 21.8 Å². The summed E-state index contributed by atoms with van der Waals surface area (Å²) >= 11 is 3.44. The number of aryl methyl sites for hydroxylation is 1. The molecule has 0 saturated heterocycles. The van der Waals surface area contributed by atoms with Gasteiger partial charge in [0, 0.05) is 17.8 Å². The van der Waals surface area contributed by atoms with Crippen LogP contribution in [0.5, 0.6) is 0 Å². The largest absolute Gasteiger partial charge is 0.356 e. The third kappa shape index (κ3) is 4.07. The summed E-state index contributed by atoms with van der Waals surface area (Å²) in [6.45, 7) is 2.97. The summed E-state index contributed by atoms with van der Waals surface area (Å²) < 4.78 is 0. The van der Waals surface area contributed by atoms with Gasteiger partial charge in [-0.05, 0) is 42.7 Å². The van der Waals surface area contributed by atoms with Gasteiger partial charge in [0.15, 0.2) is 0 Å². The smallest absolute Gasteiger partial charge is 0.223 e. The van der Waals surface area contributed by atoms with Crippen LogP contribution >= 0.6 is 15.9 Å². The van der Waals surface area contributed by atoms with E-state index in [0.29, 0.717) is 5.92 Å². The highest BCUT2D eigenvalue weighted by Crippen LogP contribution is 2.25. The molecule has 0 radical (unpaired) electrons. The predicted molar refractivity (Wildman–Crippen MR) is 82.5 cm³/mol. The number of nitrogens with one attached hydrogen (secondary N) is 1. The molecule has 0 aromatic heterocycles. The van der Waals surface area contributed by atoms with Crippen molar-refractivity contribution in [3.8, 4) is 0 Å². The van der Waals surface area contributed by atoms with Gasteiger partial charge in [-0.15, -0.1) is 0 Å². The highest BCUT2D eigenvalue weighted by atomic mass is 79.9. The van der Waals surface area contributed by atoms with Gasteiger partial charge >= 0.3 is 0 Å². The highest BCUT2D eigenvalue weighted by Gasteiger charge is 2.24. The zero-order valence-corrected chi connectivity index (χ0v) is 13.1. The van der Waals surface area contributed by atoms with Gasteiger partial charge in [0.2, 0.25) is 5.91 Å². The number of rotatable bonds is 5. The van der Waals surface area contributed by atoms with Gasteiger partial charge in [-0.2, -0.15) is 0 Å². The van der Waals surface area contributed by atoms with Crippen LogP contribution in [-0.4, -0.2) is 17.8 Å². The van der Waals surface area contributed by atoms with Crippen molar-refractivity contribution < 1.29 is 4.79 Å². The maximum Gasteiger partial charge on any atom is 0.223 e. The second-order valence-corrected chi connectivity index (χ2v) is 6.33. The maximum absolute atomic E-state index is 12.2. The van der Waals surface area contributed by atoms with Gasteiger partial charge in [0.25, 0.3) is 0 Å². The zero-order chi connectivity index (χ0) is 13.7. The molecule has 19 heavy (non-hydrogen) atoms. The summed E-state index contributed by atoms with van der Waals surface area (Å²) in [6, 6.07) is 8.49. The Morgan fingerprint density at radius 1 is 1.42 bits per heavy atom. The highest BCUT2D eigenvalue weighted by molar-refractivity contribution is 9.09. The van der Waals surface area contributed by atoms with Gasteiger partial charge in [-0.1, -0.05) is 47.1 Å². The van der Waals surface area contributed by atoms with E-state index in [-0.39, 0.29) is 11.8 Å². The average Bonchev–Trinajstić information content (AvgIpc) is 2.44. The first kappa shape index (κ1) is 14.6. The molecule has 0 heterocycles. The molecule has 1 aromatic rings. The number of hydrogen-bond acceptors (Lipinski definition) is 1. The predicted octanol–water partition coefficient (Wildman–Crippen LogP) is 3.33. The Labute approximate surface area is 124 Å². The number of benzene rings is 1. The first-order chi connectivity index (χ1) is 9.20. The van der Waals surface area contributed by atoms with Gasteiger partial charge in [0.05, 0.1) is 0 Å². The van der Waals surface area contributed by atoms with Gasteiger partial charge in [0.1, 0.15) is 0 Å². The summed E-state index contributed by atoms with van der Waals surface area (Å²) in [6.07, 6.45) is 4.02. The maximum atomic E-state index is 12.2. The van der Waals surface area contributed by atoms with Crippen molar-refractivity contribution in [2.75, 3.05) is 11.9 Å². The molecule has 2 nitrogen and oxygen atoms in total. The molecule has 1 N–H and O–H groups in total. The van der Waals surface area contributed by atoms with E-state index in [9.17, 15) is 4.79 Å². The molecule has 1 amide bonds. The van der Waals surface area contributed by atoms with E-state index in [0.717, 1.165) is 37.6 Å². The van der Waals surface area contributed by atoms with Crippen molar-refractivity contribution in [3.63, 3.8) is 0 Å². The number of carbonyl (C=O) groups is 1. The van der Waals surface area contributed by atoms with Crippen LogP contribution in [0.3, 0.4) is 0 Å². The van der Waals surface area contributed by atoms with Crippen molar-refractivity contribution in [1.82, 2.24) is 5.32 Å². The van der Waals surface area contributed by atoms with E-state index >= 15 is 0 Å². The third-order valence-corrected chi connectivity index (χ3v) is 4.40. The standard InChI is InChI=1S/C16H22BrNO/c1-12(8-9-17)11-18-16(19)15-7-6-13-4-2-3-5-14(13)10-15/h2-5,12,15H,6-11H2,1H3,(H,18,19). The minimum atomic E-state index is 0.158. The lowest BCUT2D eigenvalue weighted by Crippen LogP contribution is -2.36. The Morgan fingerprint density at radius 3 is 2.89 bits per heavy atom. The fraction of sp³-hybridized carbons (Fsp3) is 0.562. The minimum absolute atomic E-state index is 0.158. The molecule has 2 unspecified atom stereocenters. The van der Waals surface area contributed by atoms with E-state index in [4.69, 9.17) is 0 Å². The third-order valence-electron chi connectivity index (χ3n) is 3.94. The van der Waals surface area contributed by atoms with E-state index < -0.39 is 0 Å². The summed E-state index contributed by atoms with van der Waals surface area (Å²) in [7, 11) is 0. The zero-order valence-electron chi connectivity index (χ0n) is 11.5. The molecule has 0 aliphatic heterocycles. The van der Waals surface area contributed by atoms with Crippen molar-refractivity contribution in [2.45, 2.75) is 32.6 Å². The molecular weight excluding hydrogens is 302 g/mol. The quantitative estimate of drug-likeness (QED) is 0.827. The number of hydrogen-bond donors (Lipinski definition) is 1. The fourth-order valence-corrected chi connectivity index (χ4v) is 3.41. The lowest BCUT2D eigenvalue weighted by atomic mass is 9.83. The molecule has 1 aliphatic carbocycles. The van der Waals surface area contributed by atoms with Gasteiger partial charge in [-0.3, -0.25) is 4.79 Å². The summed E-state index contributed by atoms with van der Waals surface area (Å²) in [5.41, 5.74) is 2.77. The van der Waals surface area contributed by atoms with Crippen LogP contribution in [0.25, 0.3) is 0 Å². The molecular formula is C16H22BrNO. The first-order valence-corrected chi connectivity index (χ1v) is 8.23. The Kier molecular flexibility index (Phi) is 5.44. The summed E-state index contributed by atoms with van der Waals surface area (Å²) in [5.74, 6) is 0.932. The van der Waals surface area contributed by atoms with Crippen molar-refractivity contribution in [2.24, 2.45) is 11.8 Å². The number of halogens is 1. The fourth-order valence-electron chi connectivity index (χ4n) is 2.63. The average molecular weight is 324 g/mol. The first-order valence-electron chi connectivity index (χ1n) is 7.11. The number of amides is 1. The Balaban J connectivity index is 1.85. The molecule has 0 bridgehead atoms. The van der Waals surface area contributed by atoms with E-state index in [1.54, 1.807) is 0 Å². The molecule has 1 aliphatic rings. The van der Waals surface area contributed by atoms with Crippen LogP contribution in [0.4, 0.5) is 0 Å². The SMILES string of the molecule is CC(CCBr)CNC(=O)C1CCc2ccccc2C1. The summed E-state index contributed by atoms with van der Waals surface area (Å²) in [4.78, 5) is 12.2. The normalized spacial score (nSPS) is 19.6. The molecule has 104 valence electrons. The molecule has 2 atom stereocenters. The number of alkyl halides is 1. The molecule has 0 saturated carbocycles. The summed E-state index contributed by atoms with van der Waals surface area (Å²) in [5, 5.41) is 4.11. The van der Waals surface area contributed by atoms with Gasteiger partial charge < -0.3 is 5.32 Å². The van der Waals surface area contributed by atoms with Crippen molar-refractivity contribution in [3.05, 3.63) is 35.4 Å². The van der Waals surface area contributed by atoms with E-state index in [1.165, 1.54) is 11.1 Å². The molecule has 0 fully saturated rings. The van der Waals surface area contributed by atoms with Crippen LogP contribution in [0.1, 0.15) is 30.9 Å². The number of carbonyl (C=O) groups excluding carboxylic acids is 1. The molecule has 2 rings (SSSR count). The minimum Gasteiger partial charge on any atom is -0.356 e. The lowest BCUT2D eigenvalue weighted by molar-refractivity contribution is -0.125. The second kappa shape index (κ2) is 7.09. The van der Waals surface area contributed by atoms with E-state index in [1.807, 2.05) is 0 Å². The Bertz CT molecular complexity index is 433.